The maximum atomic E-state index is 14.4. The molecule has 1 aromatic heterocycles. The van der Waals surface area contributed by atoms with Crippen molar-refractivity contribution in [2.45, 2.75) is 31.6 Å². The zero-order valence-electron chi connectivity index (χ0n) is 11.6. The summed E-state index contributed by atoms with van der Waals surface area (Å²) in [5, 5.41) is 7.31. The smallest absolute Gasteiger partial charge is 0.153 e. The van der Waals surface area contributed by atoms with Gasteiger partial charge in [0.2, 0.25) is 0 Å². The third-order valence-corrected chi connectivity index (χ3v) is 5.44. The van der Waals surface area contributed by atoms with Crippen LogP contribution in [-0.4, -0.2) is 10.2 Å². The Morgan fingerprint density at radius 1 is 1.29 bits per heavy atom. The van der Waals surface area contributed by atoms with Gasteiger partial charge in [-0.15, -0.1) is 0 Å². The summed E-state index contributed by atoms with van der Waals surface area (Å²) in [6.07, 6.45) is 5.01. The predicted octanol–water partition coefficient (Wildman–Crippen LogP) is 4.36. The third-order valence-electron chi connectivity index (χ3n) is 5.15. The van der Waals surface area contributed by atoms with Crippen molar-refractivity contribution in [3.8, 4) is 11.1 Å². The minimum absolute atomic E-state index is 0.118. The van der Waals surface area contributed by atoms with E-state index >= 15 is 0 Å². The topological polar surface area (TPSA) is 54.7 Å². The maximum absolute atomic E-state index is 14.4. The highest BCUT2D eigenvalue weighted by molar-refractivity contribution is 6.31. The molecule has 5 heteroatoms. The number of nitrogen functional groups attached to an aromatic ring is 1. The lowest BCUT2D eigenvalue weighted by molar-refractivity contribution is 0.413. The van der Waals surface area contributed by atoms with Gasteiger partial charge in [0.05, 0.1) is 5.02 Å². The van der Waals surface area contributed by atoms with E-state index in [2.05, 4.69) is 10.2 Å². The van der Waals surface area contributed by atoms with E-state index in [9.17, 15) is 4.39 Å². The Hall–Kier alpha value is -1.55. The molecule has 1 heterocycles. The van der Waals surface area contributed by atoms with E-state index in [0.717, 1.165) is 18.0 Å². The molecule has 2 bridgehead atoms. The van der Waals surface area contributed by atoms with Crippen molar-refractivity contribution >= 4 is 17.4 Å². The summed E-state index contributed by atoms with van der Waals surface area (Å²) < 4.78 is 14.4. The molecule has 3 atom stereocenters. The van der Waals surface area contributed by atoms with Crippen molar-refractivity contribution in [1.29, 1.82) is 0 Å². The lowest BCUT2D eigenvalue weighted by atomic mass is 9.84. The Kier molecular flexibility index (Phi) is 2.96. The summed E-state index contributed by atoms with van der Waals surface area (Å²) in [5.41, 5.74) is 8.14. The normalized spacial score (nSPS) is 27.4. The molecular weight excluding hydrogens is 289 g/mol. The van der Waals surface area contributed by atoms with Crippen LogP contribution >= 0.6 is 11.6 Å². The van der Waals surface area contributed by atoms with E-state index < -0.39 is 5.82 Å². The van der Waals surface area contributed by atoms with Gasteiger partial charge in [-0.1, -0.05) is 30.2 Å². The van der Waals surface area contributed by atoms with Crippen LogP contribution in [0.5, 0.6) is 0 Å². The zero-order valence-corrected chi connectivity index (χ0v) is 12.3. The molecule has 21 heavy (non-hydrogen) atoms. The molecule has 0 saturated heterocycles. The second-order valence-corrected chi connectivity index (χ2v) is 6.69. The van der Waals surface area contributed by atoms with Crippen LogP contribution < -0.4 is 5.73 Å². The van der Waals surface area contributed by atoms with Gasteiger partial charge in [0.25, 0.3) is 0 Å². The molecule has 110 valence electrons. The van der Waals surface area contributed by atoms with Gasteiger partial charge in [0, 0.05) is 22.7 Å². The number of fused-ring (bicyclic) bond motifs is 2. The Balaban J connectivity index is 1.83. The number of halogens is 2. The summed E-state index contributed by atoms with van der Waals surface area (Å²) in [7, 11) is 0. The SMILES string of the molecule is Nc1n[nH]c(C2CC3CCC2C3)c1-c1cccc(Cl)c1F. The first kappa shape index (κ1) is 13.1. The lowest BCUT2D eigenvalue weighted by Gasteiger charge is -2.21. The summed E-state index contributed by atoms with van der Waals surface area (Å²) in [5.74, 6) is 1.84. The van der Waals surface area contributed by atoms with E-state index in [1.165, 1.54) is 19.3 Å². The molecule has 3 N–H and O–H groups in total. The Morgan fingerprint density at radius 3 is 2.86 bits per heavy atom. The van der Waals surface area contributed by atoms with Crippen LogP contribution in [0.2, 0.25) is 5.02 Å². The van der Waals surface area contributed by atoms with Crippen LogP contribution in [0.1, 0.15) is 37.3 Å². The van der Waals surface area contributed by atoms with Crippen LogP contribution in [0.4, 0.5) is 10.2 Å². The molecule has 0 radical (unpaired) electrons. The Bertz CT molecular complexity index is 697. The van der Waals surface area contributed by atoms with Gasteiger partial charge < -0.3 is 5.73 Å². The number of H-pyrrole nitrogens is 1. The summed E-state index contributed by atoms with van der Waals surface area (Å²) in [6.45, 7) is 0. The molecule has 2 aliphatic rings. The average molecular weight is 306 g/mol. The number of aromatic nitrogens is 2. The second kappa shape index (κ2) is 4.73. The number of hydrogen-bond donors (Lipinski definition) is 2. The van der Waals surface area contributed by atoms with E-state index in [1.807, 2.05) is 0 Å². The largest absolute Gasteiger partial charge is 0.382 e. The number of nitrogens with one attached hydrogen (secondary N) is 1. The highest BCUT2D eigenvalue weighted by Gasteiger charge is 2.42. The first-order valence-corrected chi connectivity index (χ1v) is 7.81. The number of nitrogens with two attached hydrogens (primary N) is 1. The molecule has 1 aromatic carbocycles. The molecule has 2 aromatic rings. The van der Waals surface area contributed by atoms with Crippen LogP contribution in [-0.2, 0) is 0 Å². The number of nitrogens with zero attached hydrogens (tertiary/aromatic N) is 1. The van der Waals surface area contributed by atoms with Gasteiger partial charge in [-0.25, -0.2) is 4.39 Å². The molecule has 0 spiro atoms. The van der Waals surface area contributed by atoms with Crippen molar-refractivity contribution < 1.29 is 4.39 Å². The molecule has 2 aliphatic carbocycles. The van der Waals surface area contributed by atoms with Gasteiger partial charge in [-0.2, -0.15) is 5.10 Å². The average Bonchev–Trinajstić information content (AvgIpc) is 3.17. The molecule has 4 rings (SSSR count). The van der Waals surface area contributed by atoms with Crippen LogP contribution in [0, 0.1) is 17.7 Å². The first-order chi connectivity index (χ1) is 10.1. The van der Waals surface area contributed by atoms with Gasteiger partial charge >= 0.3 is 0 Å². The number of aromatic amines is 1. The van der Waals surface area contributed by atoms with Gasteiger partial charge in [0.1, 0.15) is 5.82 Å². The van der Waals surface area contributed by atoms with Gasteiger partial charge in [-0.05, 0) is 37.2 Å². The van der Waals surface area contributed by atoms with Crippen LogP contribution in [0.15, 0.2) is 18.2 Å². The van der Waals surface area contributed by atoms with E-state index in [0.29, 0.717) is 28.8 Å². The standard InChI is InChI=1S/C16H17ClFN3/c17-12-3-1-2-10(14(12)18)13-15(20-21-16(13)19)11-7-8-4-5-9(11)6-8/h1-3,8-9,11H,4-7H2,(H3,19,20,21). The monoisotopic (exact) mass is 305 g/mol. The van der Waals surface area contributed by atoms with Crippen molar-refractivity contribution in [2.75, 3.05) is 5.73 Å². The molecule has 2 fully saturated rings. The van der Waals surface area contributed by atoms with E-state index in [1.54, 1.807) is 18.2 Å². The van der Waals surface area contributed by atoms with Crippen molar-refractivity contribution in [2.24, 2.45) is 11.8 Å². The van der Waals surface area contributed by atoms with Gasteiger partial charge in [0.15, 0.2) is 5.82 Å². The van der Waals surface area contributed by atoms with Crippen LogP contribution in [0.25, 0.3) is 11.1 Å². The fourth-order valence-electron chi connectivity index (χ4n) is 4.22. The minimum Gasteiger partial charge on any atom is -0.382 e. The molecule has 0 amide bonds. The zero-order chi connectivity index (χ0) is 14.6. The van der Waals surface area contributed by atoms with Crippen molar-refractivity contribution in [1.82, 2.24) is 10.2 Å². The predicted molar refractivity (Wildman–Crippen MR) is 81.6 cm³/mol. The third kappa shape index (κ3) is 1.96. The van der Waals surface area contributed by atoms with Crippen molar-refractivity contribution in [3.63, 3.8) is 0 Å². The molecule has 2 saturated carbocycles. The summed E-state index contributed by atoms with van der Waals surface area (Å²) in [4.78, 5) is 0. The minimum atomic E-state index is -0.420. The number of hydrogen-bond acceptors (Lipinski definition) is 2. The number of benzene rings is 1. The molecule has 0 aliphatic heterocycles. The number of anilines is 1. The second-order valence-electron chi connectivity index (χ2n) is 6.28. The summed E-state index contributed by atoms with van der Waals surface area (Å²) >= 11 is 5.91. The fraction of sp³-hybridized carbons (Fsp3) is 0.438. The molecule has 3 nitrogen and oxygen atoms in total. The molecule has 3 unspecified atom stereocenters. The van der Waals surface area contributed by atoms with Crippen LogP contribution in [0.3, 0.4) is 0 Å². The van der Waals surface area contributed by atoms with E-state index in [4.69, 9.17) is 17.3 Å². The highest BCUT2D eigenvalue weighted by Crippen LogP contribution is 2.54. The summed E-state index contributed by atoms with van der Waals surface area (Å²) in [6, 6.07) is 5.02. The van der Waals surface area contributed by atoms with Crippen molar-refractivity contribution in [3.05, 3.63) is 34.7 Å². The quantitative estimate of drug-likeness (QED) is 0.866. The molecular formula is C16H17ClFN3. The van der Waals surface area contributed by atoms with Gasteiger partial charge in [-0.3, -0.25) is 5.10 Å². The lowest BCUT2D eigenvalue weighted by Crippen LogP contribution is -2.10. The highest BCUT2D eigenvalue weighted by atomic mass is 35.5. The Labute approximate surface area is 127 Å². The Morgan fingerprint density at radius 2 is 2.14 bits per heavy atom. The first-order valence-electron chi connectivity index (χ1n) is 7.43. The van der Waals surface area contributed by atoms with E-state index in [-0.39, 0.29) is 5.02 Å². The number of rotatable bonds is 2. The fourth-order valence-corrected chi connectivity index (χ4v) is 4.39. The maximum Gasteiger partial charge on any atom is 0.153 e.